The third-order valence-corrected chi connectivity index (χ3v) is 11.3. The average Bonchev–Trinajstić information content (AvgIpc) is 3.31. The van der Waals surface area contributed by atoms with E-state index in [2.05, 4.69) is 174 Å². The summed E-state index contributed by atoms with van der Waals surface area (Å²) in [7, 11) is 2.21. The van der Waals surface area contributed by atoms with Crippen LogP contribution in [-0.4, -0.2) is 7.05 Å². The SMILES string of the molecule is Cc1ccc2c(-c3ccc4c(c3)N(C)c3ccccc3C4(C)C)c3ccccc3c(-c3ccc4c(c3)-c3ccccc3C4(C)C)c2c1. The van der Waals surface area contributed by atoms with Gasteiger partial charge in [-0.2, -0.15) is 0 Å². The van der Waals surface area contributed by atoms with Gasteiger partial charge in [0.05, 0.1) is 0 Å². The lowest BCUT2D eigenvalue weighted by atomic mass is 9.73. The molecule has 2 aliphatic rings. The van der Waals surface area contributed by atoms with Gasteiger partial charge in [-0.1, -0.05) is 142 Å². The molecule has 0 saturated heterocycles. The summed E-state index contributed by atoms with van der Waals surface area (Å²) >= 11 is 0. The minimum Gasteiger partial charge on any atom is -0.344 e. The zero-order chi connectivity index (χ0) is 32.2. The number of para-hydroxylation sites is 1. The molecule has 0 unspecified atom stereocenters. The number of aryl methyl sites for hydroxylation is 1. The second-order valence-corrected chi connectivity index (χ2v) is 14.7. The van der Waals surface area contributed by atoms with Crippen molar-refractivity contribution in [2.24, 2.45) is 0 Å². The lowest BCUT2D eigenvalue weighted by Gasteiger charge is -2.40. The van der Waals surface area contributed by atoms with Crippen LogP contribution in [0.3, 0.4) is 0 Å². The molecule has 47 heavy (non-hydrogen) atoms. The fraction of sp³-hybridized carbons (Fsp3) is 0.174. The summed E-state index contributed by atoms with van der Waals surface area (Å²) in [5.41, 5.74) is 17.2. The maximum atomic E-state index is 2.46. The Balaban J connectivity index is 1.32. The fourth-order valence-corrected chi connectivity index (χ4v) is 8.85. The van der Waals surface area contributed by atoms with Crippen LogP contribution in [0.4, 0.5) is 11.4 Å². The summed E-state index contributed by atoms with van der Waals surface area (Å²) in [4.78, 5) is 2.38. The van der Waals surface area contributed by atoms with Crippen molar-refractivity contribution in [2.45, 2.75) is 45.4 Å². The summed E-state index contributed by atoms with van der Waals surface area (Å²) in [6.07, 6.45) is 0. The van der Waals surface area contributed by atoms with E-state index < -0.39 is 0 Å². The van der Waals surface area contributed by atoms with Crippen LogP contribution in [0.1, 0.15) is 55.5 Å². The Hall–Kier alpha value is -5.14. The van der Waals surface area contributed by atoms with E-state index in [0.29, 0.717) is 0 Å². The maximum Gasteiger partial charge on any atom is 0.0455 e. The molecule has 0 atom stereocenters. The molecule has 7 aromatic rings. The van der Waals surface area contributed by atoms with E-state index in [4.69, 9.17) is 0 Å². The first-order valence-corrected chi connectivity index (χ1v) is 16.8. The fourth-order valence-electron chi connectivity index (χ4n) is 8.85. The topological polar surface area (TPSA) is 3.24 Å². The quantitative estimate of drug-likeness (QED) is 0.177. The average molecular weight is 606 g/mol. The minimum atomic E-state index is -0.0805. The molecule has 7 aromatic carbocycles. The van der Waals surface area contributed by atoms with Gasteiger partial charge >= 0.3 is 0 Å². The third kappa shape index (κ3) is 3.83. The lowest BCUT2D eigenvalue weighted by molar-refractivity contribution is 0.629. The molecule has 228 valence electrons. The molecule has 1 heteroatoms. The van der Waals surface area contributed by atoms with Crippen LogP contribution in [0.15, 0.2) is 127 Å². The minimum absolute atomic E-state index is 0.0102. The summed E-state index contributed by atoms with van der Waals surface area (Å²) in [5, 5.41) is 5.19. The van der Waals surface area contributed by atoms with Crippen molar-refractivity contribution in [3.8, 4) is 33.4 Å². The standard InChI is InChI=1S/C46H39N/c1-28-19-22-34-36(25-28)44(29-20-23-38-35(26-29)31-13-9-10-16-37(31)45(38,2)3)33-15-8-7-14-32(33)43(34)30-21-24-40-42(27-30)47(6)41-18-12-11-17-39(41)46(40,4)5/h7-27H,1-6H3. The molecule has 1 heterocycles. The first kappa shape index (κ1) is 28.1. The Morgan fingerprint density at radius 3 is 1.72 bits per heavy atom. The highest BCUT2D eigenvalue weighted by atomic mass is 15.1. The summed E-state index contributed by atoms with van der Waals surface area (Å²) in [5.74, 6) is 0. The zero-order valence-electron chi connectivity index (χ0n) is 28.1. The summed E-state index contributed by atoms with van der Waals surface area (Å²) in [6.45, 7) is 11.6. The molecule has 0 radical (unpaired) electrons. The molecular weight excluding hydrogens is 567 g/mol. The highest BCUT2D eigenvalue weighted by Gasteiger charge is 2.36. The molecular formula is C46H39N. The molecule has 1 aliphatic carbocycles. The second kappa shape index (κ2) is 9.69. The van der Waals surface area contributed by atoms with Crippen LogP contribution in [0, 0.1) is 6.92 Å². The number of hydrogen-bond donors (Lipinski definition) is 0. The Kier molecular flexibility index (Phi) is 5.79. The second-order valence-electron chi connectivity index (χ2n) is 14.7. The number of hydrogen-bond acceptors (Lipinski definition) is 1. The van der Waals surface area contributed by atoms with Gasteiger partial charge in [-0.3, -0.25) is 0 Å². The van der Waals surface area contributed by atoms with E-state index in [1.54, 1.807) is 0 Å². The Morgan fingerprint density at radius 1 is 0.426 bits per heavy atom. The monoisotopic (exact) mass is 605 g/mol. The van der Waals surface area contributed by atoms with Crippen molar-refractivity contribution >= 4 is 32.9 Å². The predicted molar refractivity (Wildman–Crippen MR) is 201 cm³/mol. The first-order chi connectivity index (χ1) is 22.7. The van der Waals surface area contributed by atoms with Gasteiger partial charge in [-0.15, -0.1) is 0 Å². The van der Waals surface area contributed by atoms with E-state index in [0.717, 1.165) is 0 Å². The highest BCUT2D eigenvalue weighted by molar-refractivity contribution is 6.22. The molecule has 0 amide bonds. The zero-order valence-corrected chi connectivity index (χ0v) is 28.1. The van der Waals surface area contributed by atoms with Crippen LogP contribution in [0.2, 0.25) is 0 Å². The predicted octanol–water partition coefficient (Wildman–Crippen LogP) is 12.3. The molecule has 0 spiro atoms. The van der Waals surface area contributed by atoms with Crippen molar-refractivity contribution in [3.63, 3.8) is 0 Å². The van der Waals surface area contributed by atoms with Crippen molar-refractivity contribution < 1.29 is 0 Å². The molecule has 0 aromatic heterocycles. The molecule has 1 aliphatic heterocycles. The van der Waals surface area contributed by atoms with E-state index >= 15 is 0 Å². The van der Waals surface area contributed by atoms with Gasteiger partial charge < -0.3 is 4.90 Å². The third-order valence-electron chi connectivity index (χ3n) is 11.3. The van der Waals surface area contributed by atoms with Gasteiger partial charge in [0.1, 0.15) is 0 Å². The summed E-state index contributed by atoms with van der Waals surface area (Å²) in [6, 6.07) is 48.2. The van der Waals surface area contributed by atoms with Crippen LogP contribution < -0.4 is 4.90 Å². The molecule has 0 bridgehead atoms. The van der Waals surface area contributed by atoms with E-state index in [9.17, 15) is 0 Å². The van der Waals surface area contributed by atoms with Crippen LogP contribution in [0.5, 0.6) is 0 Å². The first-order valence-electron chi connectivity index (χ1n) is 16.8. The van der Waals surface area contributed by atoms with Crippen molar-refractivity contribution in [1.29, 1.82) is 0 Å². The van der Waals surface area contributed by atoms with Gasteiger partial charge in [-0.05, 0) is 102 Å². The Labute approximate surface area is 278 Å². The van der Waals surface area contributed by atoms with Crippen LogP contribution in [0.25, 0.3) is 54.9 Å². The molecule has 0 fully saturated rings. The van der Waals surface area contributed by atoms with Gasteiger partial charge in [-0.25, -0.2) is 0 Å². The Morgan fingerprint density at radius 2 is 0.957 bits per heavy atom. The molecule has 1 nitrogen and oxygen atoms in total. The number of nitrogens with zero attached hydrogens (tertiary/aromatic N) is 1. The van der Waals surface area contributed by atoms with Gasteiger partial charge in [0, 0.05) is 29.3 Å². The van der Waals surface area contributed by atoms with Crippen molar-refractivity contribution in [3.05, 3.63) is 155 Å². The largest absolute Gasteiger partial charge is 0.344 e. The highest BCUT2D eigenvalue weighted by Crippen LogP contribution is 2.53. The number of anilines is 2. The van der Waals surface area contributed by atoms with E-state index in [-0.39, 0.29) is 10.8 Å². The van der Waals surface area contributed by atoms with Crippen molar-refractivity contribution in [1.82, 2.24) is 0 Å². The van der Waals surface area contributed by atoms with Crippen LogP contribution in [-0.2, 0) is 10.8 Å². The van der Waals surface area contributed by atoms with Crippen molar-refractivity contribution in [2.75, 3.05) is 11.9 Å². The molecule has 9 rings (SSSR count). The van der Waals surface area contributed by atoms with Gasteiger partial charge in [0.2, 0.25) is 0 Å². The van der Waals surface area contributed by atoms with Crippen LogP contribution >= 0.6 is 0 Å². The molecule has 0 N–H and O–H groups in total. The van der Waals surface area contributed by atoms with E-state index in [1.165, 1.54) is 94.1 Å². The maximum absolute atomic E-state index is 2.46. The number of benzene rings is 7. The van der Waals surface area contributed by atoms with E-state index in [1.807, 2.05) is 0 Å². The Bertz CT molecular complexity index is 2440. The van der Waals surface area contributed by atoms with Gasteiger partial charge in [0.15, 0.2) is 0 Å². The lowest BCUT2D eigenvalue weighted by Crippen LogP contribution is -2.30. The number of rotatable bonds is 2. The normalized spacial score (nSPS) is 15.3. The smallest absolute Gasteiger partial charge is 0.0455 e. The summed E-state index contributed by atoms with van der Waals surface area (Å²) < 4.78 is 0. The number of fused-ring (bicyclic) bond motifs is 7. The molecule has 0 saturated carbocycles. The van der Waals surface area contributed by atoms with Gasteiger partial charge in [0.25, 0.3) is 0 Å².